The molecule has 0 unspecified atom stereocenters. The molecule has 1 aromatic carbocycles. The lowest BCUT2D eigenvalue weighted by molar-refractivity contribution is 0.331. The smallest absolute Gasteiger partial charge is 0.0233 e. The molecule has 2 aromatic rings. The monoisotopic (exact) mass is 288 g/mol. The first-order valence-electron chi connectivity index (χ1n) is 7.22. The van der Waals surface area contributed by atoms with Gasteiger partial charge in [-0.05, 0) is 56.1 Å². The maximum absolute atomic E-state index is 3.23. The molecule has 0 radical (unpaired) electrons. The predicted molar refractivity (Wildman–Crippen MR) is 88.4 cm³/mol. The highest BCUT2D eigenvalue weighted by Gasteiger charge is 2.05. The van der Waals surface area contributed by atoms with Gasteiger partial charge in [0.2, 0.25) is 0 Å². The summed E-state index contributed by atoms with van der Waals surface area (Å²) in [4.78, 5) is 3.89. The predicted octanol–water partition coefficient (Wildman–Crippen LogP) is 3.18. The van der Waals surface area contributed by atoms with Crippen molar-refractivity contribution < 1.29 is 0 Å². The van der Waals surface area contributed by atoms with Gasteiger partial charge in [-0.2, -0.15) is 0 Å². The highest BCUT2D eigenvalue weighted by molar-refractivity contribution is 7.09. The van der Waals surface area contributed by atoms with Crippen LogP contribution in [-0.2, 0) is 19.4 Å². The molecule has 0 saturated heterocycles. The molecule has 1 aromatic heterocycles. The van der Waals surface area contributed by atoms with Gasteiger partial charge in [0.05, 0.1) is 0 Å². The highest BCUT2D eigenvalue weighted by atomic mass is 32.1. The lowest BCUT2D eigenvalue weighted by Gasteiger charge is -2.18. The molecule has 0 spiro atoms. The lowest BCUT2D eigenvalue weighted by atomic mass is 10.0. The summed E-state index contributed by atoms with van der Waals surface area (Å²) in [5.74, 6) is 0. The van der Waals surface area contributed by atoms with Crippen molar-refractivity contribution >= 4 is 11.3 Å². The van der Waals surface area contributed by atoms with Gasteiger partial charge < -0.3 is 10.2 Å². The van der Waals surface area contributed by atoms with Crippen molar-refractivity contribution in [1.29, 1.82) is 0 Å². The summed E-state index contributed by atoms with van der Waals surface area (Å²) >= 11 is 1.85. The van der Waals surface area contributed by atoms with Crippen molar-refractivity contribution in [2.45, 2.75) is 19.4 Å². The van der Waals surface area contributed by atoms with Crippen molar-refractivity contribution in [3.63, 3.8) is 0 Å². The number of hydrogen-bond donors (Lipinski definition) is 1. The van der Waals surface area contributed by atoms with E-state index in [0.717, 1.165) is 32.5 Å². The van der Waals surface area contributed by atoms with Crippen LogP contribution in [0.3, 0.4) is 0 Å². The molecule has 0 amide bonds. The molecule has 3 heteroatoms. The first-order valence-corrected chi connectivity index (χ1v) is 8.10. The summed E-state index contributed by atoms with van der Waals surface area (Å²) in [6.07, 6.45) is 2.25. The number of likely N-dealkylation sites (N-methyl/N-ethyl adjacent to an activating group) is 2. The summed E-state index contributed by atoms with van der Waals surface area (Å²) in [5, 5.41) is 5.38. The molecule has 0 bridgehead atoms. The van der Waals surface area contributed by atoms with Gasteiger partial charge in [-0.1, -0.05) is 30.3 Å². The second kappa shape index (κ2) is 8.20. The van der Waals surface area contributed by atoms with E-state index in [-0.39, 0.29) is 0 Å². The molecule has 1 N–H and O–H groups in total. The van der Waals surface area contributed by atoms with Crippen molar-refractivity contribution in [1.82, 2.24) is 10.2 Å². The van der Waals surface area contributed by atoms with Crippen LogP contribution in [-0.4, -0.2) is 32.1 Å². The van der Waals surface area contributed by atoms with E-state index in [2.05, 4.69) is 59.0 Å². The highest BCUT2D eigenvalue weighted by Crippen LogP contribution is 2.13. The second-order valence-corrected chi connectivity index (χ2v) is 6.22. The molecule has 2 nitrogen and oxygen atoms in total. The van der Waals surface area contributed by atoms with Crippen molar-refractivity contribution in [3.05, 3.63) is 57.8 Å². The number of thiophene rings is 1. The Morgan fingerprint density at radius 1 is 1.05 bits per heavy atom. The van der Waals surface area contributed by atoms with Gasteiger partial charge in [-0.15, -0.1) is 11.3 Å². The third-order valence-electron chi connectivity index (χ3n) is 3.52. The minimum absolute atomic E-state index is 1.03. The summed E-state index contributed by atoms with van der Waals surface area (Å²) < 4.78 is 0. The first-order chi connectivity index (χ1) is 9.79. The van der Waals surface area contributed by atoms with Crippen LogP contribution in [0.15, 0.2) is 41.8 Å². The van der Waals surface area contributed by atoms with Gasteiger partial charge >= 0.3 is 0 Å². The molecule has 0 aliphatic heterocycles. The lowest BCUT2D eigenvalue weighted by Crippen LogP contribution is -2.21. The van der Waals surface area contributed by atoms with E-state index in [1.807, 2.05) is 18.4 Å². The quantitative estimate of drug-likeness (QED) is 0.802. The Labute approximate surface area is 126 Å². The molecule has 0 aliphatic rings. The van der Waals surface area contributed by atoms with E-state index < -0.39 is 0 Å². The third kappa shape index (κ3) is 4.75. The molecule has 0 fully saturated rings. The van der Waals surface area contributed by atoms with Gasteiger partial charge in [-0.25, -0.2) is 0 Å². The van der Waals surface area contributed by atoms with Gasteiger partial charge in [0.15, 0.2) is 0 Å². The van der Waals surface area contributed by atoms with E-state index in [1.165, 1.54) is 16.0 Å². The van der Waals surface area contributed by atoms with Crippen molar-refractivity contribution in [3.8, 4) is 0 Å². The van der Waals surface area contributed by atoms with Crippen LogP contribution in [0.1, 0.15) is 16.0 Å². The average Bonchev–Trinajstić information content (AvgIpc) is 2.97. The Bertz CT molecular complexity index is 493. The molecule has 0 saturated carbocycles. The second-order valence-electron chi connectivity index (χ2n) is 5.19. The number of nitrogens with zero attached hydrogens (tertiary/aromatic N) is 1. The normalized spacial score (nSPS) is 11.2. The van der Waals surface area contributed by atoms with Crippen LogP contribution >= 0.6 is 11.3 Å². The SMILES string of the molecule is CNCCc1ccccc1CN(C)CCc1cccs1. The zero-order valence-corrected chi connectivity index (χ0v) is 13.2. The molecule has 1 heterocycles. The largest absolute Gasteiger partial charge is 0.319 e. The summed E-state index contributed by atoms with van der Waals surface area (Å²) in [6, 6.07) is 13.1. The van der Waals surface area contributed by atoms with Crippen LogP contribution in [0.4, 0.5) is 0 Å². The van der Waals surface area contributed by atoms with Crippen LogP contribution in [0.2, 0.25) is 0 Å². The maximum atomic E-state index is 3.23. The molecule has 2 rings (SSSR count). The van der Waals surface area contributed by atoms with Crippen LogP contribution in [0.25, 0.3) is 0 Å². The maximum Gasteiger partial charge on any atom is 0.0233 e. The van der Waals surface area contributed by atoms with E-state index in [4.69, 9.17) is 0 Å². The number of rotatable bonds is 8. The number of benzene rings is 1. The van der Waals surface area contributed by atoms with E-state index >= 15 is 0 Å². The Morgan fingerprint density at radius 3 is 2.55 bits per heavy atom. The Kier molecular flexibility index (Phi) is 6.25. The van der Waals surface area contributed by atoms with E-state index in [0.29, 0.717) is 0 Å². The van der Waals surface area contributed by atoms with Gasteiger partial charge in [-0.3, -0.25) is 0 Å². The number of nitrogens with one attached hydrogen (secondary N) is 1. The first kappa shape index (κ1) is 15.2. The van der Waals surface area contributed by atoms with Crippen molar-refractivity contribution in [2.24, 2.45) is 0 Å². The van der Waals surface area contributed by atoms with Crippen LogP contribution in [0, 0.1) is 0 Å². The fourth-order valence-electron chi connectivity index (χ4n) is 2.34. The number of hydrogen-bond acceptors (Lipinski definition) is 3. The average molecular weight is 288 g/mol. The zero-order chi connectivity index (χ0) is 14.2. The fraction of sp³-hybridized carbons (Fsp3) is 0.412. The van der Waals surface area contributed by atoms with Crippen molar-refractivity contribution in [2.75, 3.05) is 27.2 Å². The zero-order valence-electron chi connectivity index (χ0n) is 12.4. The van der Waals surface area contributed by atoms with E-state index in [1.54, 1.807) is 0 Å². The molecule has 108 valence electrons. The van der Waals surface area contributed by atoms with Crippen LogP contribution in [0.5, 0.6) is 0 Å². The summed E-state index contributed by atoms with van der Waals surface area (Å²) in [6.45, 7) is 3.18. The van der Waals surface area contributed by atoms with Crippen LogP contribution < -0.4 is 5.32 Å². The standard InChI is InChI=1S/C17H24N2S/c1-18-11-9-15-6-3-4-7-16(15)14-19(2)12-10-17-8-5-13-20-17/h3-8,13,18H,9-12,14H2,1-2H3. The molecular formula is C17H24N2S. The van der Waals surface area contributed by atoms with E-state index in [9.17, 15) is 0 Å². The van der Waals surface area contributed by atoms with Gasteiger partial charge in [0.25, 0.3) is 0 Å². The molecule has 0 atom stereocenters. The summed E-state index contributed by atoms with van der Waals surface area (Å²) in [5.41, 5.74) is 2.92. The molecule has 20 heavy (non-hydrogen) atoms. The minimum Gasteiger partial charge on any atom is -0.319 e. The minimum atomic E-state index is 1.03. The Hall–Kier alpha value is -1.16. The van der Waals surface area contributed by atoms with Gasteiger partial charge in [0, 0.05) is 18.0 Å². The fourth-order valence-corrected chi connectivity index (χ4v) is 3.04. The molecular weight excluding hydrogens is 264 g/mol. The Morgan fingerprint density at radius 2 is 1.85 bits per heavy atom. The third-order valence-corrected chi connectivity index (χ3v) is 4.46. The topological polar surface area (TPSA) is 15.3 Å². The van der Waals surface area contributed by atoms with Gasteiger partial charge in [0.1, 0.15) is 0 Å². The molecule has 0 aliphatic carbocycles. The summed E-state index contributed by atoms with van der Waals surface area (Å²) in [7, 11) is 4.22. The Balaban J connectivity index is 1.88.